The summed E-state index contributed by atoms with van der Waals surface area (Å²) in [6.45, 7) is 1.85. The van der Waals surface area contributed by atoms with Crippen LogP contribution < -0.4 is 4.90 Å². The average Bonchev–Trinajstić information content (AvgIpc) is 2.92. The highest BCUT2D eigenvalue weighted by Gasteiger charge is 2.19. The minimum Gasteiger partial charge on any atom is -0.476 e. The first-order valence-corrected chi connectivity index (χ1v) is 6.12. The number of rotatable bonds is 4. The van der Waals surface area contributed by atoms with Crippen LogP contribution in [0.2, 0.25) is 0 Å². The van der Waals surface area contributed by atoms with Gasteiger partial charge in [-0.05, 0) is 12.8 Å². The number of nitrogens with zero attached hydrogens (tertiary/aromatic N) is 4. The van der Waals surface area contributed by atoms with Gasteiger partial charge in [0, 0.05) is 20.1 Å². The Morgan fingerprint density at radius 1 is 1.32 bits per heavy atom. The van der Waals surface area contributed by atoms with Gasteiger partial charge >= 0.3 is 5.97 Å². The van der Waals surface area contributed by atoms with Gasteiger partial charge in [-0.15, -0.1) is 0 Å². The van der Waals surface area contributed by atoms with E-state index in [-0.39, 0.29) is 18.1 Å². The van der Waals surface area contributed by atoms with Crippen molar-refractivity contribution >= 4 is 17.7 Å². The molecule has 1 aromatic heterocycles. The number of carboxylic acids is 1. The second-order valence-electron chi connectivity index (χ2n) is 4.51. The molecule has 0 unspecified atom stereocenters. The highest BCUT2D eigenvalue weighted by molar-refractivity contribution is 5.85. The minimum atomic E-state index is -1.12. The van der Waals surface area contributed by atoms with Crippen molar-refractivity contribution in [1.82, 2.24) is 14.9 Å². The summed E-state index contributed by atoms with van der Waals surface area (Å²) in [6, 6.07) is 0. The van der Waals surface area contributed by atoms with Gasteiger partial charge < -0.3 is 14.9 Å². The molecule has 2 heterocycles. The zero-order valence-electron chi connectivity index (χ0n) is 10.7. The summed E-state index contributed by atoms with van der Waals surface area (Å²) in [5.74, 6) is -0.573. The molecule has 0 saturated carbocycles. The summed E-state index contributed by atoms with van der Waals surface area (Å²) < 4.78 is 0. The van der Waals surface area contributed by atoms with E-state index in [1.54, 1.807) is 11.9 Å². The molecule has 102 valence electrons. The number of likely N-dealkylation sites (N-methyl/N-ethyl adjacent to an activating group) is 1. The fraction of sp³-hybridized carbons (Fsp3) is 0.500. The summed E-state index contributed by atoms with van der Waals surface area (Å²) in [4.78, 5) is 33.9. The Hall–Kier alpha value is -2.18. The van der Waals surface area contributed by atoms with E-state index < -0.39 is 5.97 Å². The maximum Gasteiger partial charge on any atom is 0.356 e. The van der Waals surface area contributed by atoms with Crippen LogP contribution in [0.5, 0.6) is 0 Å². The molecule has 19 heavy (non-hydrogen) atoms. The van der Waals surface area contributed by atoms with Crippen molar-refractivity contribution in [3.05, 3.63) is 18.1 Å². The Kier molecular flexibility index (Phi) is 3.94. The zero-order chi connectivity index (χ0) is 13.8. The van der Waals surface area contributed by atoms with Gasteiger partial charge in [-0.1, -0.05) is 0 Å². The number of likely N-dealkylation sites (tertiary alicyclic amines) is 1. The number of hydrogen-bond donors (Lipinski definition) is 1. The van der Waals surface area contributed by atoms with Gasteiger partial charge in [0.25, 0.3) is 0 Å². The Morgan fingerprint density at radius 2 is 2.00 bits per heavy atom. The molecule has 1 N–H and O–H groups in total. The van der Waals surface area contributed by atoms with Gasteiger partial charge in [0.05, 0.1) is 18.9 Å². The molecule has 1 aliphatic rings. The maximum atomic E-state index is 11.9. The predicted octanol–water partition coefficient (Wildman–Crippen LogP) is 0.233. The molecular formula is C12H16N4O3. The predicted molar refractivity (Wildman–Crippen MR) is 68.1 cm³/mol. The van der Waals surface area contributed by atoms with Crippen molar-refractivity contribution in [3.8, 4) is 0 Å². The Balaban J connectivity index is 1.97. The van der Waals surface area contributed by atoms with E-state index in [0.717, 1.165) is 25.9 Å². The SMILES string of the molecule is CN(CC(=O)N1CCCC1)c1cnc(C(=O)O)cn1. The molecule has 7 heteroatoms. The Morgan fingerprint density at radius 3 is 2.53 bits per heavy atom. The molecule has 0 atom stereocenters. The highest BCUT2D eigenvalue weighted by Crippen LogP contribution is 2.11. The maximum absolute atomic E-state index is 11.9. The van der Waals surface area contributed by atoms with Gasteiger partial charge in [0.15, 0.2) is 5.69 Å². The molecule has 0 bridgehead atoms. The van der Waals surface area contributed by atoms with Gasteiger partial charge in [-0.25, -0.2) is 14.8 Å². The minimum absolute atomic E-state index is 0.0594. The molecule has 0 aromatic carbocycles. The number of carboxylic acid groups (broad SMARTS) is 1. The lowest BCUT2D eigenvalue weighted by molar-refractivity contribution is -0.128. The summed E-state index contributed by atoms with van der Waals surface area (Å²) >= 11 is 0. The van der Waals surface area contributed by atoms with E-state index in [0.29, 0.717) is 5.82 Å². The molecule has 0 radical (unpaired) electrons. The third-order valence-electron chi connectivity index (χ3n) is 3.08. The first-order valence-electron chi connectivity index (χ1n) is 6.12. The monoisotopic (exact) mass is 264 g/mol. The quantitative estimate of drug-likeness (QED) is 0.838. The third kappa shape index (κ3) is 3.18. The van der Waals surface area contributed by atoms with Gasteiger partial charge in [-0.3, -0.25) is 4.79 Å². The van der Waals surface area contributed by atoms with Crippen molar-refractivity contribution in [2.45, 2.75) is 12.8 Å². The van der Waals surface area contributed by atoms with Crippen molar-refractivity contribution in [2.75, 3.05) is 31.6 Å². The lowest BCUT2D eigenvalue weighted by Crippen LogP contribution is -2.37. The van der Waals surface area contributed by atoms with Crippen molar-refractivity contribution in [1.29, 1.82) is 0 Å². The number of hydrogen-bond acceptors (Lipinski definition) is 5. The topological polar surface area (TPSA) is 86.6 Å². The summed E-state index contributed by atoms with van der Waals surface area (Å²) in [6.07, 6.45) is 4.67. The third-order valence-corrected chi connectivity index (χ3v) is 3.08. The van der Waals surface area contributed by atoms with Crippen LogP contribution in [0.15, 0.2) is 12.4 Å². The van der Waals surface area contributed by atoms with E-state index in [1.807, 2.05) is 4.90 Å². The van der Waals surface area contributed by atoms with Crippen molar-refractivity contribution in [3.63, 3.8) is 0 Å². The Labute approximate surface area is 110 Å². The number of amides is 1. The van der Waals surface area contributed by atoms with Gasteiger partial charge in [0.2, 0.25) is 5.91 Å². The number of aromatic carboxylic acids is 1. The second kappa shape index (κ2) is 5.64. The number of carbonyl (C=O) groups is 2. The van der Waals surface area contributed by atoms with Crippen LogP contribution in [0.25, 0.3) is 0 Å². The molecule has 0 spiro atoms. The Bertz CT molecular complexity index is 468. The van der Waals surface area contributed by atoms with Gasteiger partial charge in [-0.2, -0.15) is 0 Å². The van der Waals surface area contributed by atoms with E-state index in [4.69, 9.17) is 5.11 Å². The van der Waals surface area contributed by atoms with Crippen LogP contribution in [0.4, 0.5) is 5.82 Å². The summed E-state index contributed by atoms with van der Waals surface area (Å²) in [7, 11) is 1.73. The van der Waals surface area contributed by atoms with E-state index >= 15 is 0 Å². The van der Waals surface area contributed by atoms with Gasteiger partial charge in [0.1, 0.15) is 5.82 Å². The summed E-state index contributed by atoms with van der Waals surface area (Å²) in [5, 5.41) is 8.73. The standard InChI is InChI=1S/C12H16N4O3/c1-15(8-11(17)16-4-2-3-5-16)10-7-13-9(6-14-10)12(18)19/h6-7H,2-5,8H2,1H3,(H,18,19). The zero-order valence-corrected chi connectivity index (χ0v) is 10.7. The number of carbonyl (C=O) groups excluding carboxylic acids is 1. The average molecular weight is 264 g/mol. The smallest absolute Gasteiger partial charge is 0.356 e. The molecule has 1 amide bonds. The van der Waals surface area contributed by atoms with Crippen molar-refractivity contribution < 1.29 is 14.7 Å². The first-order chi connectivity index (χ1) is 9.08. The van der Waals surface area contributed by atoms with Crippen LogP contribution in [0.1, 0.15) is 23.3 Å². The fourth-order valence-electron chi connectivity index (χ4n) is 1.98. The van der Waals surface area contributed by atoms with Crippen molar-refractivity contribution in [2.24, 2.45) is 0 Å². The second-order valence-corrected chi connectivity index (χ2v) is 4.51. The molecule has 2 rings (SSSR count). The summed E-state index contributed by atoms with van der Waals surface area (Å²) in [5.41, 5.74) is -0.108. The van der Waals surface area contributed by atoms with E-state index in [9.17, 15) is 9.59 Å². The van der Waals surface area contributed by atoms with Crippen LogP contribution in [-0.2, 0) is 4.79 Å². The normalized spacial score (nSPS) is 14.5. The molecule has 1 saturated heterocycles. The molecule has 1 aromatic rings. The van der Waals surface area contributed by atoms with E-state index in [1.165, 1.54) is 12.4 Å². The highest BCUT2D eigenvalue weighted by atomic mass is 16.4. The van der Waals surface area contributed by atoms with Crippen LogP contribution in [-0.4, -0.2) is 58.5 Å². The van der Waals surface area contributed by atoms with Crippen LogP contribution in [0, 0.1) is 0 Å². The van der Waals surface area contributed by atoms with Crippen LogP contribution >= 0.6 is 0 Å². The fourth-order valence-corrected chi connectivity index (χ4v) is 1.98. The largest absolute Gasteiger partial charge is 0.476 e. The van der Waals surface area contributed by atoms with E-state index in [2.05, 4.69) is 9.97 Å². The number of aromatic nitrogens is 2. The van der Waals surface area contributed by atoms with Crippen LogP contribution in [0.3, 0.4) is 0 Å². The number of anilines is 1. The molecular weight excluding hydrogens is 248 g/mol. The molecule has 1 fully saturated rings. The molecule has 1 aliphatic heterocycles. The molecule has 7 nitrogen and oxygen atoms in total. The lowest BCUT2D eigenvalue weighted by Gasteiger charge is -2.21. The first kappa shape index (κ1) is 13.3. The molecule has 0 aliphatic carbocycles. The lowest BCUT2D eigenvalue weighted by atomic mass is 10.4.